The van der Waals surface area contributed by atoms with Crippen LogP contribution < -0.4 is 5.32 Å². The lowest BCUT2D eigenvalue weighted by Gasteiger charge is -2.08. The van der Waals surface area contributed by atoms with Gasteiger partial charge in [-0.05, 0) is 11.6 Å². The molecule has 0 aliphatic heterocycles. The topological polar surface area (TPSA) is 42.2 Å². The molecule has 0 fully saturated rings. The second-order valence-electron chi connectivity index (χ2n) is 5.30. The number of hydrogen-bond donors (Lipinski definition) is 1. The molecule has 0 atom stereocenters. The Balaban J connectivity index is 1.77. The molecule has 0 aliphatic carbocycles. The van der Waals surface area contributed by atoms with Crippen molar-refractivity contribution >= 4 is 11.6 Å². The largest absolute Gasteiger partial charge is 0.365 e. The fourth-order valence-electron chi connectivity index (χ4n) is 2.64. The predicted molar refractivity (Wildman–Crippen MR) is 92.2 cm³/mol. The minimum Gasteiger partial charge on any atom is -0.365 e. The molecule has 4 rings (SSSR count). The van der Waals surface area contributed by atoms with Crippen LogP contribution in [-0.2, 0) is 6.54 Å². The number of hydrogen-bond acceptors (Lipinski definition) is 3. The van der Waals surface area contributed by atoms with Crippen molar-refractivity contribution in [1.29, 1.82) is 0 Å². The third kappa shape index (κ3) is 2.66. The summed E-state index contributed by atoms with van der Waals surface area (Å²) in [5, 5.41) is 3.51. The fraction of sp³-hybridized carbons (Fsp3) is 0.0526. The van der Waals surface area contributed by atoms with Gasteiger partial charge in [0, 0.05) is 24.5 Å². The Morgan fingerprint density at radius 1 is 0.870 bits per heavy atom. The van der Waals surface area contributed by atoms with Gasteiger partial charge in [0.25, 0.3) is 0 Å². The summed E-state index contributed by atoms with van der Waals surface area (Å²) < 4.78 is 1.99. The number of nitrogens with zero attached hydrogens (tertiary/aromatic N) is 3. The van der Waals surface area contributed by atoms with Gasteiger partial charge in [-0.1, -0.05) is 60.7 Å². The second-order valence-corrected chi connectivity index (χ2v) is 5.30. The van der Waals surface area contributed by atoms with Gasteiger partial charge in [0.2, 0.25) is 5.78 Å². The highest BCUT2D eigenvalue weighted by Crippen LogP contribution is 2.28. The van der Waals surface area contributed by atoms with Gasteiger partial charge in [0.15, 0.2) is 0 Å². The van der Waals surface area contributed by atoms with Crippen LogP contribution in [0.1, 0.15) is 5.56 Å². The molecular weight excluding hydrogens is 284 g/mol. The smallest absolute Gasteiger partial charge is 0.235 e. The molecule has 0 bridgehead atoms. The van der Waals surface area contributed by atoms with Gasteiger partial charge in [0.1, 0.15) is 11.5 Å². The molecule has 2 heterocycles. The van der Waals surface area contributed by atoms with Crippen LogP contribution >= 0.6 is 0 Å². The van der Waals surface area contributed by atoms with E-state index in [9.17, 15) is 0 Å². The lowest BCUT2D eigenvalue weighted by molar-refractivity contribution is 1.06. The highest BCUT2D eigenvalue weighted by Gasteiger charge is 2.14. The van der Waals surface area contributed by atoms with E-state index >= 15 is 0 Å². The number of rotatable bonds is 4. The Morgan fingerprint density at radius 3 is 2.39 bits per heavy atom. The first-order valence-electron chi connectivity index (χ1n) is 7.58. The highest BCUT2D eigenvalue weighted by molar-refractivity contribution is 5.75. The molecule has 0 saturated heterocycles. The number of imidazole rings is 1. The van der Waals surface area contributed by atoms with Crippen molar-refractivity contribution < 1.29 is 0 Å². The monoisotopic (exact) mass is 300 g/mol. The number of benzene rings is 2. The molecule has 0 radical (unpaired) electrons. The Bertz CT molecular complexity index is 914. The first kappa shape index (κ1) is 13.5. The van der Waals surface area contributed by atoms with Gasteiger partial charge >= 0.3 is 0 Å². The molecule has 4 nitrogen and oxygen atoms in total. The number of anilines is 1. The van der Waals surface area contributed by atoms with E-state index in [1.54, 1.807) is 6.20 Å². The molecule has 23 heavy (non-hydrogen) atoms. The predicted octanol–water partition coefficient (Wildman–Crippen LogP) is 4.01. The van der Waals surface area contributed by atoms with Gasteiger partial charge < -0.3 is 5.32 Å². The van der Waals surface area contributed by atoms with Crippen LogP contribution in [0.4, 0.5) is 5.82 Å². The first-order valence-corrected chi connectivity index (χ1v) is 7.58. The third-order valence-electron chi connectivity index (χ3n) is 3.75. The normalized spacial score (nSPS) is 10.8. The third-order valence-corrected chi connectivity index (χ3v) is 3.75. The lowest BCUT2D eigenvalue weighted by atomic mass is 10.1. The van der Waals surface area contributed by atoms with E-state index in [-0.39, 0.29) is 0 Å². The van der Waals surface area contributed by atoms with E-state index in [1.807, 2.05) is 53.1 Å². The summed E-state index contributed by atoms with van der Waals surface area (Å²) in [5.41, 5.74) is 3.22. The average Bonchev–Trinajstić information content (AvgIpc) is 3.00. The molecule has 4 heteroatoms. The van der Waals surface area contributed by atoms with E-state index < -0.39 is 0 Å². The van der Waals surface area contributed by atoms with Crippen LogP contribution in [0.3, 0.4) is 0 Å². The summed E-state index contributed by atoms with van der Waals surface area (Å²) in [6, 6.07) is 22.4. The maximum atomic E-state index is 4.68. The molecular formula is C19H16N4. The van der Waals surface area contributed by atoms with Crippen LogP contribution in [0, 0.1) is 0 Å². The van der Waals surface area contributed by atoms with Crippen LogP contribution in [0.15, 0.2) is 79.1 Å². The van der Waals surface area contributed by atoms with Gasteiger partial charge in [-0.15, -0.1) is 0 Å². The molecule has 0 aliphatic rings. The van der Waals surface area contributed by atoms with Crippen molar-refractivity contribution in [2.24, 2.45) is 0 Å². The highest BCUT2D eigenvalue weighted by atomic mass is 15.2. The molecule has 2 aromatic carbocycles. The lowest BCUT2D eigenvalue weighted by Crippen LogP contribution is -2.03. The summed E-state index contributed by atoms with van der Waals surface area (Å²) in [5.74, 6) is 1.66. The van der Waals surface area contributed by atoms with E-state index in [4.69, 9.17) is 0 Å². The SMILES string of the molecule is c1ccc(CNc2c(-c3ccccc3)nc3ncccn23)cc1. The fourth-order valence-corrected chi connectivity index (χ4v) is 2.64. The summed E-state index contributed by atoms with van der Waals surface area (Å²) in [4.78, 5) is 9.04. The molecule has 0 unspecified atom stereocenters. The molecule has 4 aromatic rings. The average molecular weight is 300 g/mol. The summed E-state index contributed by atoms with van der Waals surface area (Å²) in [6.07, 6.45) is 3.74. The van der Waals surface area contributed by atoms with Crippen molar-refractivity contribution in [3.63, 3.8) is 0 Å². The zero-order valence-corrected chi connectivity index (χ0v) is 12.6. The molecule has 0 amide bonds. The van der Waals surface area contributed by atoms with Crippen LogP contribution in [-0.4, -0.2) is 14.4 Å². The standard InChI is InChI=1S/C19H16N4/c1-3-8-15(9-4-1)14-21-18-17(16-10-5-2-6-11-16)22-19-20-12-7-13-23(18)19/h1-13,21H,14H2. The van der Waals surface area contributed by atoms with Gasteiger partial charge in [-0.2, -0.15) is 0 Å². The zero-order chi connectivity index (χ0) is 15.5. The summed E-state index contributed by atoms with van der Waals surface area (Å²) in [6.45, 7) is 0.739. The van der Waals surface area contributed by atoms with E-state index in [0.717, 1.165) is 23.6 Å². The number of aromatic nitrogens is 3. The Labute approximate surface area is 134 Å². The number of nitrogens with one attached hydrogen (secondary N) is 1. The molecule has 1 N–H and O–H groups in total. The Kier molecular flexibility index (Phi) is 3.48. The van der Waals surface area contributed by atoms with E-state index in [2.05, 4.69) is 39.6 Å². The van der Waals surface area contributed by atoms with Crippen molar-refractivity contribution in [3.05, 3.63) is 84.7 Å². The summed E-state index contributed by atoms with van der Waals surface area (Å²) in [7, 11) is 0. The van der Waals surface area contributed by atoms with E-state index in [0.29, 0.717) is 5.78 Å². The Morgan fingerprint density at radius 2 is 1.61 bits per heavy atom. The van der Waals surface area contributed by atoms with Crippen LogP contribution in [0.5, 0.6) is 0 Å². The molecule has 112 valence electrons. The van der Waals surface area contributed by atoms with Crippen molar-refractivity contribution in [2.45, 2.75) is 6.54 Å². The molecule has 2 aromatic heterocycles. The zero-order valence-electron chi connectivity index (χ0n) is 12.6. The minimum absolute atomic E-state index is 0.696. The molecule has 0 saturated carbocycles. The molecule has 0 spiro atoms. The van der Waals surface area contributed by atoms with Crippen molar-refractivity contribution in [3.8, 4) is 11.3 Å². The van der Waals surface area contributed by atoms with Crippen molar-refractivity contribution in [2.75, 3.05) is 5.32 Å². The number of fused-ring (bicyclic) bond motifs is 1. The maximum Gasteiger partial charge on any atom is 0.235 e. The van der Waals surface area contributed by atoms with E-state index in [1.165, 1.54) is 5.56 Å². The van der Waals surface area contributed by atoms with Crippen molar-refractivity contribution in [1.82, 2.24) is 14.4 Å². The summed E-state index contributed by atoms with van der Waals surface area (Å²) >= 11 is 0. The van der Waals surface area contributed by atoms with Gasteiger partial charge in [-0.25, -0.2) is 9.97 Å². The van der Waals surface area contributed by atoms with Gasteiger partial charge in [-0.3, -0.25) is 4.40 Å². The quantitative estimate of drug-likeness (QED) is 0.619. The second kappa shape index (κ2) is 5.93. The minimum atomic E-state index is 0.696. The Hall–Kier alpha value is -3.14. The van der Waals surface area contributed by atoms with Crippen LogP contribution in [0.25, 0.3) is 17.0 Å². The van der Waals surface area contributed by atoms with Crippen LogP contribution in [0.2, 0.25) is 0 Å². The van der Waals surface area contributed by atoms with Gasteiger partial charge in [0.05, 0.1) is 0 Å². The first-order chi connectivity index (χ1) is 11.4. The maximum absolute atomic E-state index is 4.68.